The monoisotopic (exact) mass is 395 g/mol. The molecule has 5 N–H and O–H groups in total. The predicted molar refractivity (Wildman–Crippen MR) is 98.2 cm³/mol. The molecule has 3 rings (SSSR count). The lowest BCUT2D eigenvalue weighted by Gasteiger charge is -2.49. The topological polar surface area (TPSA) is 138 Å². The van der Waals surface area contributed by atoms with Crippen LogP contribution in [0.15, 0.2) is 29.3 Å². The summed E-state index contributed by atoms with van der Waals surface area (Å²) in [5.41, 5.74) is 6.49. The molecule has 0 spiro atoms. The molecule has 2 aliphatic rings. The lowest BCUT2D eigenvalue weighted by Crippen LogP contribution is -2.71. The number of amides is 2. The molecule has 3 atom stereocenters. The van der Waals surface area contributed by atoms with Crippen LogP contribution in [0.2, 0.25) is 0 Å². The van der Waals surface area contributed by atoms with Gasteiger partial charge in [0.1, 0.15) is 23.2 Å². The molecular weight excluding hydrogens is 378 g/mol. The fraction of sp³-hybridized carbons (Fsp3) is 0.333. The zero-order chi connectivity index (χ0) is 19.0. The molecule has 0 saturated carbocycles. The number of nitrogens with zero attached hydrogens (tertiary/aromatic N) is 2. The highest BCUT2D eigenvalue weighted by molar-refractivity contribution is 8.00. The number of anilines is 1. The van der Waals surface area contributed by atoms with Crippen molar-refractivity contribution in [3.63, 3.8) is 0 Å². The van der Waals surface area contributed by atoms with Crippen molar-refractivity contribution in [2.24, 2.45) is 0 Å². The normalized spacial score (nSPS) is 23.1. The van der Waals surface area contributed by atoms with Gasteiger partial charge >= 0.3 is 5.97 Å². The van der Waals surface area contributed by atoms with Crippen LogP contribution in [0.3, 0.4) is 0 Å². The van der Waals surface area contributed by atoms with Gasteiger partial charge in [-0.2, -0.15) is 0 Å². The van der Waals surface area contributed by atoms with Crippen molar-refractivity contribution >= 4 is 46.0 Å². The molecule has 0 radical (unpaired) electrons. The van der Waals surface area contributed by atoms with E-state index < -0.39 is 35.2 Å². The summed E-state index contributed by atoms with van der Waals surface area (Å²) in [6.07, 6.45) is 1.44. The van der Waals surface area contributed by atoms with Gasteiger partial charge < -0.3 is 21.5 Å². The second-order valence-corrected chi connectivity index (χ2v) is 7.61. The summed E-state index contributed by atoms with van der Waals surface area (Å²) in [5.74, 6) is -1.66. The van der Waals surface area contributed by atoms with E-state index in [-0.39, 0.29) is 5.70 Å². The maximum absolute atomic E-state index is 12.6. The number of hydrogen-bond acceptors (Lipinski definition) is 8. The SMILES string of the molecule is C=CC1=C(C(=O)O)N2C(=O)[C@@H](NC(=O)C(NC)c3csc(N)n3)[C@H]2SC1. The molecule has 11 heteroatoms. The first-order valence-electron chi connectivity index (χ1n) is 7.61. The summed E-state index contributed by atoms with van der Waals surface area (Å²) >= 11 is 2.60. The number of allylic oxidation sites excluding steroid dienone is 1. The number of aromatic nitrogens is 1. The number of nitrogen functional groups attached to an aromatic ring is 1. The number of fused-ring (bicyclic) bond motifs is 1. The van der Waals surface area contributed by atoms with Crippen molar-refractivity contribution in [3.8, 4) is 0 Å². The molecule has 1 aromatic heterocycles. The summed E-state index contributed by atoms with van der Waals surface area (Å²) in [6, 6.07) is -1.54. The molecule has 0 bridgehead atoms. The first-order chi connectivity index (χ1) is 12.4. The number of likely N-dealkylation sites (N-methyl/N-ethyl adjacent to an activating group) is 1. The molecule has 1 aromatic rings. The Balaban J connectivity index is 1.76. The van der Waals surface area contributed by atoms with Gasteiger partial charge in [-0.25, -0.2) is 9.78 Å². The Kier molecular flexibility index (Phi) is 5.03. The van der Waals surface area contributed by atoms with Crippen LogP contribution in [0, 0.1) is 0 Å². The molecule has 1 saturated heterocycles. The number of nitrogens with one attached hydrogen (secondary N) is 2. The number of rotatable bonds is 6. The minimum Gasteiger partial charge on any atom is -0.477 e. The van der Waals surface area contributed by atoms with E-state index in [1.807, 2.05) is 0 Å². The van der Waals surface area contributed by atoms with E-state index in [4.69, 9.17) is 5.73 Å². The molecule has 2 aliphatic heterocycles. The lowest BCUT2D eigenvalue weighted by atomic mass is 10.0. The van der Waals surface area contributed by atoms with Crippen molar-refractivity contribution in [2.45, 2.75) is 17.5 Å². The number of thiazole rings is 1. The average Bonchev–Trinajstić information content (AvgIpc) is 3.04. The zero-order valence-corrected chi connectivity index (χ0v) is 15.4. The Morgan fingerprint density at radius 2 is 2.31 bits per heavy atom. The number of hydrogen-bond donors (Lipinski definition) is 4. The molecule has 1 fully saturated rings. The maximum atomic E-state index is 12.6. The van der Waals surface area contributed by atoms with Gasteiger partial charge in [-0.05, 0) is 12.6 Å². The smallest absolute Gasteiger partial charge is 0.352 e. The molecule has 9 nitrogen and oxygen atoms in total. The van der Waals surface area contributed by atoms with Gasteiger partial charge in [-0.3, -0.25) is 14.5 Å². The van der Waals surface area contributed by atoms with Crippen LogP contribution >= 0.6 is 23.1 Å². The van der Waals surface area contributed by atoms with E-state index in [2.05, 4.69) is 22.2 Å². The van der Waals surface area contributed by atoms with Gasteiger partial charge in [0.05, 0.1) is 5.69 Å². The van der Waals surface area contributed by atoms with Crippen LogP contribution in [0.25, 0.3) is 0 Å². The quantitative estimate of drug-likeness (QED) is 0.491. The Hall–Kier alpha value is -2.37. The van der Waals surface area contributed by atoms with Crippen LogP contribution in [-0.2, 0) is 14.4 Å². The maximum Gasteiger partial charge on any atom is 0.352 e. The van der Waals surface area contributed by atoms with Gasteiger partial charge in [0.15, 0.2) is 5.13 Å². The van der Waals surface area contributed by atoms with Gasteiger partial charge in [0.2, 0.25) is 5.91 Å². The average molecular weight is 395 g/mol. The van der Waals surface area contributed by atoms with E-state index in [0.717, 1.165) is 0 Å². The molecule has 138 valence electrons. The summed E-state index contributed by atoms with van der Waals surface area (Å²) in [7, 11) is 1.60. The fourth-order valence-electron chi connectivity index (χ4n) is 2.88. The minimum atomic E-state index is -1.19. The molecule has 1 unspecified atom stereocenters. The lowest BCUT2D eigenvalue weighted by molar-refractivity contribution is -0.150. The first-order valence-corrected chi connectivity index (χ1v) is 9.54. The molecule has 3 heterocycles. The Labute approximate surface area is 157 Å². The van der Waals surface area contributed by atoms with Gasteiger partial charge in [0, 0.05) is 11.1 Å². The Bertz CT molecular complexity index is 821. The number of carbonyl (C=O) groups is 3. The zero-order valence-electron chi connectivity index (χ0n) is 13.8. The summed E-state index contributed by atoms with van der Waals surface area (Å²) in [4.78, 5) is 41.8. The first kappa shape index (κ1) is 18.4. The second kappa shape index (κ2) is 7.09. The summed E-state index contributed by atoms with van der Waals surface area (Å²) in [5, 5.41) is 16.5. The second-order valence-electron chi connectivity index (χ2n) is 5.61. The molecule has 0 aliphatic carbocycles. The largest absolute Gasteiger partial charge is 0.477 e. The number of carboxylic acids is 1. The summed E-state index contributed by atoms with van der Waals surface area (Å²) in [6.45, 7) is 3.60. The van der Waals surface area contributed by atoms with E-state index in [1.165, 1.54) is 34.1 Å². The standard InChI is InChI=1S/C15H17N5O4S2/c1-3-6-4-25-13-9(12(22)20(13)10(6)14(23)24)19-11(21)8(17-2)7-5-26-15(16)18-7/h3,5,8-9,13,17H,1,4H2,2H3,(H2,16,18)(H,19,21)(H,23,24)/t8?,9-,13-/m1/s1. The van der Waals surface area contributed by atoms with E-state index in [1.54, 1.807) is 12.4 Å². The van der Waals surface area contributed by atoms with Crippen LogP contribution in [-0.4, -0.2) is 57.0 Å². The number of carboxylic acid groups (broad SMARTS) is 1. The minimum absolute atomic E-state index is 0.0725. The highest BCUT2D eigenvalue weighted by Crippen LogP contribution is 2.40. The number of carbonyl (C=O) groups excluding carboxylic acids is 2. The number of β-lactam (4-membered cyclic amide) rings is 1. The van der Waals surface area contributed by atoms with Gasteiger partial charge in [0.25, 0.3) is 5.91 Å². The van der Waals surface area contributed by atoms with Crippen LogP contribution in [0.5, 0.6) is 0 Å². The van der Waals surface area contributed by atoms with Crippen molar-refractivity contribution in [1.82, 2.24) is 20.5 Å². The van der Waals surface area contributed by atoms with E-state index in [9.17, 15) is 19.5 Å². The third-order valence-electron chi connectivity index (χ3n) is 4.13. The molecule has 0 aromatic carbocycles. The van der Waals surface area contributed by atoms with Crippen molar-refractivity contribution in [3.05, 3.63) is 35.0 Å². The van der Waals surface area contributed by atoms with Crippen molar-refractivity contribution < 1.29 is 19.5 Å². The predicted octanol–water partition coefficient (Wildman–Crippen LogP) is -0.0896. The van der Waals surface area contributed by atoms with E-state index >= 15 is 0 Å². The van der Waals surface area contributed by atoms with Crippen molar-refractivity contribution in [2.75, 3.05) is 18.5 Å². The highest BCUT2D eigenvalue weighted by atomic mass is 32.2. The summed E-state index contributed by atoms with van der Waals surface area (Å²) < 4.78 is 0. The number of aliphatic carboxylic acids is 1. The Morgan fingerprint density at radius 1 is 1.58 bits per heavy atom. The van der Waals surface area contributed by atoms with Crippen LogP contribution in [0.1, 0.15) is 11.7 Å². The Morgan fingerprint density at radius 3 is 2.85 bits per heavy atom. The van der Waals surface area contributed by atoms with Gasteiger partial charge in [-0.15, -0.1) is 23.1 Å². The van der Waals surface area contributed by atoms with Crippen LogP contribution < -0.4 is 16.4 Å². The third kappa shape index (κ3) is 2.97. The molecule has 26 heavy (non-hydrogen) atoms. The van der Waals surface area contributed by atoms with Gasteiger partial charge in [-0.1, -0.05) is 12.7 Å². The molecular formula is C15H17N5O4S2. The fourth-order valence-corrected chi connectivity index (χ4v) is 4.81. The number of nitrogens with two attached hydrogens (primary N) is 1. The molecule has 2 amide bonds. The number of thioether (sulfide) groups is 1. The van der Waals surface area contributed by atoms with Crippen LogP contribution in [0.4, 0.5) is 5.13 Å². The highest BCUT2D eigenvalue weighted by Gasteiger charge is 2.54. The van der Waals surface area contributed by atoms with Crippen molar-refractivity contribution in [1.29, 1.82) is 0 Å². The van der Waals surface area contributed by atoms with E-state index in [0.29, 0.717) is 22.2 Å². The third-order valence-corrected chi connectivity index (χ3v) is 6.13.